The largest absolute Gasteiger partial charge is 0.397 e. The second-order valence-electron chi connectivity index (χ2n) is 5.86. The number of pyridine rings is 2. The number of nitrogens with one attached hydrogen (secondary N) is 1. The predicted octanol–water partition coefficient (Wildman–Crippen LogP) is 2.24. The molecule has 0 radical (unpaired) electrons. The van der Waals surface area contributed by atoms with E-state index in [1.807, 2.05) is 13.8 Å². The van der Waals surface area contributed by atoms with Gasteiger partial charge in [0, 0.05) is 18.0 Å². The standard InChI is InChI=1S/C17H18N6O2/c1-10(2)14(21-16(24)13-4-3-12(18)9-20-13)17-22-15(23-25-17)11-5-7-19-8-6-11/h3-10,14H,18H2,1-2H3,(H,21,24). The van der Waals surface area contributed by atoms with Crippen LogP contribution in [0.1, 0.15) is 36.3 Å². The topological polar surface area (TPSA) is 120 Å². The molecule has 0 bridgehead atoms. The fourth-order valence-corrected chi connectivity index (χ4v) is 2.25. The van der Waals surface area contributed by atoms with Crippen LogP contribution in [0.25, 0.3) is 11.4 Å². The third-order valence-corrected chi connectivity index (χ3v) is 3.62. The summed E-state index contributed by atoms with van der Waals surface area (Å²) >= 11 is 0. The Hall–Kier alpha value is -3.29. The first-order valence-corrected chi connectivity index (χ1v) is 7.81. The fourth-order valence-electron chi connectivity index (χ4n) is 2.25. The van der Waals surface area contributed by atoms with Crippen LogP contribution in [0.3, 0.4) is 0 Å². The summed E-state index contributed by atoms with van der Waals surface area (Å²) in [5.41, 5.74) is 7.15. The van der Waals surface area contributed by atoms with Gasteiger partial charge >= 0.3 is 0 Å². The van der Waals surface area contributed by atoms with Crippen molar-refractivity contribution in [1.82, 2.24) is 25.4 Å². The van der Waals surface area contributed by atoms with Gasteiger partial charge in [0.15, 0.2) is 0 Å². The van der Waals surface area contributed by atoms with Crippen LogP contribution in [0.2, 0.25) is 0 Å². The van der Waals surface area contributed by atoms with Crippen molar-refractivity contribution in [3.63, 3.8) is 0 Å². The highest BCUT2D eigenvalue weighted by molar-refractivity contribution is 5.92. The summed E-state index contributed by atoms with van der Waals surface area (Å²) in [6.07, 6.45) is 4.74. The third-order valence-electron chi connectivity index (χ3n) is 3.62. The van der Waals surface area contributed by atoms with Crippen LogP contribution < -0.4 is 11.1 Å². The number of carbonyl (C=O) groups is 1. The van der Waals surface area contributed by atoms with Gasteiger partial charge in [-0.3, -0.25) is 9.78 Å². The van der Waals surface area contributed by atoms with Crippen LogP contribution >= 0.6 is 0 Å². The Morgan fingerprint density at radius 2 is 1.96 bits per heavy atom. The summed E-state index contributed by atoms with van der Waals surface area (Å²) in [6.45, 7) is 3.91. The van der Waals surface area contributed by atoms with E-state index in [0.717, 1.165) is 5.56 Å². The number of rotatable bonds is 5. The second-order valence-corrected chi connectivity index (χ2v) is 5.86. The second kappa shape index (κ2) is 7.08. The van der Waals surface area contributed by atoms with Crippen molar-refractivity contribution >= 4 is 11.6 Å². The van der Waals surface area contributed by atoms with Crippen LogP contribution in [0.4, 0.5) is 5.69 Å². The maximum absolute atomic E-state index is 12.4. The van der Waals surface area contributed by atoms with Gasteiger partial charge in [-0.25, -0.2) is 4.98 Å². The molecule has 8 heteroatoms. The highest BCUT2D eigenvalue weighted by Gasteiger charge is 2.25. The molecule has 3 aromatic heterocycles. The normalized spacial score (nSPS) is 12.1. The molecule has 1 atom stereocenters. The van der Waals surface area contributed by atoms with Crippen molar-refractivity contribution in [2.24, 2.45) is 5.92 Å². The molecule has 25 heavy (non-hydrogen) atoms. The van der Waals surface area contributed by atoms with Crippen molar-refractivity contribution in [3.8, 4) is 11.4 Å². The molecule has 128 valence electrons. The number of nitrogens with two attached hydrogens (primary N) is 1. The molecule has 1 amide bonds. The number of nitrogen functional groups attached to an aromatic ring is 1. The number of anilines is 1. The minimum absolute atomic E-state index is 0.0449. The summed E-state index contributed by atoms with van der Waals surface area (Å²) in [4.78, 5) is 24.8. The minimum Gasteiger partial charge on any atom is -0.397 e. The maximum Gasteiger partial charge on any atom is 0.270 e. The molecule has 3 aromatic rings. The van der Waals surface area contributed by atoms with Gasteiger partial charge in [-0.2, -0.15) is 4.98 Å². The summed E-state index contributed by atoms with van der Waals surface area (Å²) in [6, 6.07) is 6.33. The lowest BCUT2D eigenvalue weighted by atomic mass is 10.0. The third kappa shape index (κ3) is 3.79. The summed E-state index contributed by atoms with van der Waals surface area (Å²) in [5.74, 6) is 0.499. The summed E-state index contributed by atoms with van der Waals surface area (Å²) < 4.78 is 5.36. The van der Waals surface area contributed by atoms with Crippen molar-refractivity contribution in [1.29, 1.82) is 0 Å². The SMILES string of the molecule is CC(C)C(NC(=O)c1ccc(N)cn1)c1nc(-c2ccncc2)no1. The van der Waals surface area contributed by atoms with Crippen LogP contribution in [0, 0.1) is 5.92 Å². The van der Waals surface area contributed by atoms with E-state index >= 15 is 0 Å². The average molecular weight is 338 g/mol. The zero-order chi connectivity index (χ0) is 17.8. The molecule has 0 aliphatic rings. The molecule has 0 fully saturated rings. The van der Waals surface area contributed by atoms with Gasteiger partial charge in [0.05, 0.1) is 11.9 Å². The quantitative estimate of drug-likeness (QED) is 0.732. The Morgan fingerprint density at radius 1 is 1.20 bits per heavy atom. The smallest absolute Gasteiger partial charge is 0.270 e. The van der Waals surface area contributed by atoms with Gasteiger partial charge in [-0.05, 0) is 30.2 Å². The van der Waals surface area contributed by atoms with Gasteiger partial charge in [-0.1, -0.05) is 19.0 Å². The van der Waals surface area contributed by atoms with Crippen LogP contribution in [0.5, 0.6) is 0 Å². The Kier molecular flexibility index (Phi) is 4.69. The molecule has 0 saturated heterocycles. The van der Waals surface area contributed by atoms with Crippen LogP contribution in [0.15, 0.2) is 47.4 Å². The highest BCUT2D eigenvalue weighted by atomic mass is 16.5. The first-order chi connectivity index (χ1) is 12.0. The zero-order valence-corrected chi connectivity index (χ0v) is 13.9. The fraction of sp³-hybridized carbons (Fsp3) is 0.235. The van der Waals surface area contributed by atoms with Crippen LogP contribution in [-0.4, -0.2) is 26.0 Å². The molecular weight excluding hydrogens is 320 g/mol. The lowest BCUT2D eigenvalue weighted by Crippen LogP contribution is -2.32. The first-order valence-electron chi connectivity index (χ1n) is 7.81. The lowest BCUT2D eigenvalue weighted by Gasteiger charge is -2.18. The number of carbonyl (C=O) groups excluding carboxylic acids is 1. The van der Waals surface area contributed by atoms with Gasteiger partial charge < -0.3 is 15.6 Å². The van der Waals surface area contributed by atoms with Gasteiger partial charge in [0.1, 0.15) is 11.7 Å². The minimum atomic E-state index is -0.435. The molecule has 3 N–H and O–H groups in total. The van der Waals surface area contributed by atoms with Gasteiger partial charge in [0.25, 0.3) is 5.91 Å². The van der Waals surface area contributed by atoms with Crippen LogP contribution in [-0.2, 0) is 0 Å². The monoisotopic (exact) mass is 338 g/mol. The number of nitrogens with zero attached hydrogens (tertiary/aromatic N) is 4. The molecule has 3 heterocycles. The summed E-state index contributed by atoms with van der Waals surface area (Å²) in [7, 11) is 0. The Bertz CT molecular complexity index is 845. The van der Waals surface area contributed by atoms with Gasteiger partial charge in [-0.15, -0.1) is 0 Å². The highest BCUT2D eigenvalue weighted by Crippen LogP contribution is 2.23. The van der Waals surface area contributed by atoms with E-state index in [1.54, 1.807) is 36.7 Å². The van der Waals surface area contributed by atoms with E-state index < -0.39 is 6.04 Å². The maximum atomic E-state index is 12.4. The molecule has 1 unspecified atom stereocenters. The predicted molar refractivity (Wildman–Crippen MR) is 91.2 cm³/mol. The van der Waals surface area contributed by atoms with E-state index in [2.05, 4.69) is 25.4 Å². The first kappa shape index (κ1) is 16.6. The van der Waals surface area contributed by atoms with E-state index in [1.165, 1.54) is 6.20 Å². The Balaban J connectivity index is 1.81. The number of hydrogen-bond donors (Lipinski definition) is 2. The van der Waals surface area contributed by atoms with Crippen molar-refractivity contribution in [3.05, 3.63) is 54.4 Å². The molecule has 0 spiro atoms. The molecular formula is C17H18N6O2. The molecule has 0 saturated carbocycles. The van der Waals surface area contributed by atoms with E-state index in [9.17, 15) is 4.79 Å². The average Bonchev–Trinajstić information content (AvgIpc) is 3.10. The van der Waals surface area contributed by atoms with Crippen molar-refractivity contribution in [2.75, 3.05) is 5.73 Å². The number of aromatic nitrogens is 4. The zero-order valence-electron chi connectivity index (χ0n) is 13.9. The molecule has 3 rings (SSSR count). The van der Waals surface area contributed by atoms with Crippen molar-refractivity contribution < 1.29 is 9.32 Å². The van der Waals surface area contributed by atoms with Gasteiger partial charge in [0.2, 0.25) is 11.7 Å². The molecule has 8 nitrogen and oxygen atoms in total. The molecule has 0 aliphatic heterocycles. The number of amides is 1. The van der Waals surface area contributed by atoms with E-state index in [0.29, 0.717) is 17.4 Å². The van der Waals surface area contributed by atoms with E-state index in [-0.39, 0.29) is 17.5 Å². The molecule has 0 aromatic carbocycles. The Labute approximate surface area is 144 Å². The molecule has 0 aliphatic carbocycles. The summed E-state index contributed by atoms with van der Waals surface area (Å²) in [5, 5.41) is 6.87. The van der Waals surface area contributed by atoms with Crippen molar-refractivity contribution in [2.45, 2.75) is 19.9 Å². The lowest BCUT2D eigenvalue weighted by molar-refractivity contribution is 0.0909. The van der Waals surface area contributed by atoms with E-state index in [4.69, 9.17) is 10.3 Å². The Morgan fingerprint density at radius 3 is 2.60 bits per heavy atom. The number of hydrogen-bond acceptors (Lipinski definition) is 7.